The van der Waals surface area contributed by atoms with E-state index in [4.69, 9.17) is 5.26 Å². The van der Waals surface area contributed by atoms with Crippen molar-refractivity contribution in [1.82, 2.24) is 9.80 Å². The van der Waals surface area contributed by atoms with E-state index in [1.807, 2.05) is 18.0 Å². The minimum absolute atomic E-state index is 0.0828. The maximum absolute atomic E-state index is 13.7. The second kappa shape index (κ2) is 7.30. The number of carbonyl (C=O) groups is 2. The molecule has 6 nitrogen and oxygen atoms in total. The molecule has 0 saturated carbocycles. The van der Waals surface area contributed by atoms with E-state index < -0.39 is 0 Å². The number of carbonyl (C=O) groups excluding carboxylic acids is 2. The van der Waals surface area contributed by atoms with Crippen LogP contribution < -0.4 is 4.90 Å². The number of piperazine rings is 1. The number of likely N-dealkylation sites (N-methyl/N-ethyl adjacent to an activating group) is 1. The van der Waals surface area contributed by atoms with Crippen molar-refractivity contribution in [2.45, 2.75) is 12.0 Å². The van der Waals surface area contributed by atoms with Crippen LogP contribution in [0, 0.1) is 17.1 Å². The lowest BCUT2D eigenvalue weighted by molar-refractivity contribution is -0.123. The highest BCUT2D eigenvalue weighted by Crippen LogP contribution is 2.34. The summed E-state index contributed by atoms with van der Waals surface area (Å²) in [5.41, 5.74) is 1.22. The predicted octanol–water partition coefficient (Wildman–Crippen LogP) is 2.26. The van der Waals surface area contributed by atoms with Gasteiger partial charge < -0.3 is 9.80 Å². The molecule has 0 unspecified atom stereocenters. The van der Waals surface area contributed by atoms with Gasteiger partial charge in [0.25, 0.3) is 5.91 Å². The number of anilines is 1. The molecule has 2 aliphatic rings. The molecule has 1 atom stereocenters. The first kappa shape index (κ1) is 19.1. The molecule has 0 aromatic heterocycles. The van der Waals surface area contributed by atoms with Crippen LogP contribution in [-0.2, 0) is 4.79 Å². The molecule has 0 N–H and O–H groups in total. The number of hydrogen-bond acceptors (Lipinski definition) is 4. The molecule has 0 radical (unpaired) electrons. The van der Waals surface area contributed by atoms with E-state index in [0.717, 1.165) is 6.42 Å². The average Bonchev–Trinajstić information content (AvgIpc) is 3.16. The second-order valence-corrected chi connectivity index (χ2v) is 7.71. The predicted molar refractivity (Wildman–Crippen MR) is 106 cm³/mol. The fraction of sp³-hybridized carbons (Fsp3) is 0.318. The van der Waals surface area contributed by atoms with Crippen LogP contribution in [0.1, 0.15) is 22.3 Å². The number of likely N-dealkylation sites (tertiary alicyclic amines) is 1. The molecular weight excluding hydrogens is 371 g/mol. The average molecular weight is 392 g/mol. The van der Waals surface area contributed by atoms with Gasteiger partial charge in [-0.2, -0.15) is 5.26 Å². The van der Waals surface area contributed by atoms with Crippen molar-refractivity contribution in [2.24, 2.45) is 0 Å². The molecule has 0 aliphatic carbocycles. The van der Waals surface area contributed by atoms with Crippen molar-refractivity contribution in [1.29, 1.82) is 5.26 Å². The van der Waals surface area contributed by atoms with Crippen LogP contribution >= 0.6 is 0 Å². The fourth-order valence-electron chi connectivity index (χ4n) is 4.18. The monoisotopic (exact) mass is 392 g/mol. The van der Waals surface area contributed by atoms with Crippen LogP contribution in [0.3, 0.4) is 0 Å². The van der Waals surface area contributed by atoms with Gasteiger partial charge in [-0.3, -0.25) is 14.5 Å². The van der Waals surface area contributed by atoms with Crippen molar-refractivity contribution in [3.63, 3.8) is 0 Å². The molecule has 4 rings (SSSR count). The minimum atomic E-state index is -0.382. The van der Waals surface area contributed by atoms with Gasteiger partial charge >= 0.3 is 0 Å². The molecule has 2 aliphatic heterocycles. The highest BCUT2D eigenvalue weighted by Gasteiger charge is 2.48. The summed E-state index contributed by atoms with van der Waals surface area (Å²) in [5, 5.41) is 8.92. The van der Waals surface area contributed by atoms with Gasteiger partial charge in [-0.25, -0.2) is 4.39 Å². The van der Waals surface area contributed by atoms with E-state index >= 15 is 0 Å². The summed E-state index contributed by atoms with van der Waals surface area (Å²) < 4.78 is 13.7. The number of amides is 2. The van der Waals surface area contributed by atoms with Crippen LogP contribution in [0.2, 0.25) is 0 Å². The topological polar surface area (TPSA) is 67.7 Å². The zero-order chi connectivity index (χ0) is 20.6. The van der Waals surface area contributed by atoms with Crippen LogP contribution in [0.25, 0.3) is 0 Å². The van der Waals surface area contributed by atoms with E-state index in [1.165, 1.54) is 12.1 Å². The van der Waals surface area contributed by atoms with Crippen LogP contribution in [0.15, 0.2) is 48.5 Å². The number of hydrogen-bond donors (Lipinski definition) is 0. The zero-order valence-electron chi connectivity index (χ0n) is 16.1. The van der Waals surface area contributed by atoms with Gasteiger partial charge in [-0.1, -0.05) is 6.07 Å². The molecule has 29 heavy (non-hydrogen) atoms. The number of nitrogens with zero attached hydrogens (tertiary/aromatic N) is 4. The molecule has 1 spiro atoms. The van der Waals surface area contributed by atoms with Gasteiger partial charge in [0.15, 0.2) is 0 Å². The van der Waals surface area contributed by atoms with Crippen molar-refractivity contribution in [3.8, 4) is 6.07 Å². The van der Waals surface area contributed by atoms with Gasteiger partial charge in [0.2, 0.25) is 5.91 Å². The third-order valence-electron chi connectivity index (χ3n) is 5.94. The quantitative estimate of drug-likeness (QED) is 0.786. The molecular formula is C22H21FN4O2. The molecule has 7 heteroatoms. The van der Waals surface area contributed by atoms with Crippen molar-refractivity contribution in [2.75, 3.05) is 38.1 Å². The van der Waals surface area contributed by atoms with E-state index in [0.29, 0.717) is 36.4 Å². The SMILES string of the molecule is CN1CC(=O)N(c2cccc(F)c2)C[C@]12CCN(C(=O)c1ccc(C#N)cc1)C2. The molecule has 2 aromatic rings. The number of halogens is 1. The number of benzene rings is 2. The largest absolute Gasteiger partial charge is 0.337 e. The van der Waals surface area contributed by atoms with Crippen LogP contribution in [-0.4, -0.2) is 60.4 Å². The summed E-state index contributed by atoms with van der Waals surface area (Å²) in [7, 11) is 1.90. The molecule has 2 amide bonds. The Balaban J connectivity index is 1.55. The van der Waals surface area contributed by atoms with E-state index in [9.17, 15) is 14.0 Å². The molecule has 148 valence electrons. The van der Waals surface area contributed by atoms with E-state index in [-0.39, 0.29) is 29.7 Å². The second-order valence-electron chi connectivity index (χ2n) is 7.71. The van der Waals surface area contributed by atoms with Crippen molar-refractivity contribution >= 4 is 17.5 Å². The van der Waals surface area contributed by atoms with Gasteiger partial charge in [0.05, 0.1) is 23.7 Å². The Hall–Kier alpha value is -3.24. The zero-order valence-corrected chi connectivity index (χ0v) is 16.1. The van der Waals surface area contributed by atoms with Crippen LogP contribution in [0.5, 0.6) is 0 Å². The van der Waals surface area contributed by atoms with Gasteiger partial charge in [0, 0.05) is 30.9 Å². The summed E-state index contributed by atoms with van der Waals surface area (Å²) in [5.74, 6) is -0.554. The first-order valence-corrected chi connectivity index (χ1v) is 9.48. The van der Waals surface area contributed by atoms with Gasteiger partial charge in [-0.05, 0) is 55.9 Å². The Kier molecular flexibility index (Phi) is 4.81. The Morgan fingerprint density at radius 3 is 2.62 bits per heavy atom. The van der Waals surface area contributed by atoms with Gasteiger partial charge in [0.1, 0.15) is 5.82 Å². The summed E-state index contributed by atoms with van der Waals surface area (Å²) in [4.78, 5) is 31.0. The lowest BCUT2D eigenvalue weighted by atomic mass is 9.92. The lowest BCUT2D eigenvalue weighted by Crippen LogP contribution is -2.64. The smallest absolute Gasteiger partial charge is 0.253 e. The van der Waals surface area contributed by atoms with E-state index in [2.05, 4.69) is 0 Å². The third kappa shape index (κ3) is 3.47. The van der Waals surface area contributed by atoms with E-state index in [1.54, 1.807) is 46.2 Å². The Morgan fingerprint density at radius 1 is 1.17 bits per heavy atom. The van der Waals surface area contributed by atoms with Crippen molar-refractivity contribution in [3.05, 3.63) is 65.5 Å². The Labute approximate surface area is 168 Å². The summed E-state index contributed by atoms with van der Waals surface area (Å²) >= 11 is 0. The first-order chi connectivity index (χ1) is 13.9. The molecule has 2 heterocycles. The maximum Gasteiger partial charge on any atom is 0.253 e. The maximum atomic E-state index is 13.7. The first-order valence-electron chi connectivity index (χ1n) is 9.48. The van der Waals surface area contributed by atoms with Gasteiger partial charge in [-0.15, -0.1) is 0 Å². The molecule has 2 aromatic carbocycles. The summed E-state index contributed by atoms with van der Waals surface area (Å²) in [6, 6.07) is 14.7. The Morgan fingerprint density at radius 2 is 1.93 bits per heavy atom. The number of nitriles is 1. The van der Waals surface area contributed by atoms with Crippen molar-refractivity contribution < 1.29 is 14.0 Å². The molecule has 2 saturated heterocycles. The Bertz CT molecular complexity index is 1000. The summed E-state index contributed by atoms with van der Waals surface area (Å²) in [6.07, 6.45) is 0.727. The standard InChI is InChI=1S/C22H21FN4O2/c1-25-13-20(28)27(19-4-2-3-18(23)11-19)15-22(25)9-10-26(14-22)21(29)17-7-5-16(12-24)6-8-17/h2-8,11H,9-10,13-15H2,1H3/t22-/m1/s1. The van der Waals surface area contributed by atoms with Crippen LogP contribution in [0.4, 0.5) is 10.1 Å². The minimum Gasteiger partial charge on any atom is -0.337 e. The molecule has 2 fully saturated rings. The highest BCUT2D eigenvalue weighted by molar-refractivity contribution is 5.97. The highest BCUT2D eigenvalue weighted by atomic mass is 19.1. The molecule has 0 bridgehead atoms. The fourth-order valence-corrected chi connectivity index (χ4v) is 4.18. The third-order valence-corrected chi connectivity index (χ3v) is 5.94. The summed E-state index contributed by atoms with van der Waals surface area (Å²) in [6.45, 7) is 1.69. The number of rotatable bonds is 2. The lowest BCUT2D eigenvalue weighted by Gasteiger charge is -2.46. The normalized spacial score (nSPS) is 22.2.